The van der Waals surface area contributed by atoms with E-state index in [0.29, 0.717) is 10.3 Å². The Balaban J connectivity index is 1.22. The third kappa shape index (κ3) is 4.48. The van der Waals surface area contributed by atoms with Gasteiger partial charge in [0.2, 0.25) is 11.1 Å². The number of nitrogens with zero attached hydrogens (tertiary/aromatic N) is 5. The largest absolute Gasteiger partial charge is 0.323 e. The standard InChI is InChI=1S/C26H20N6OS2/c33-22(28-25-27-19-11-5-7-13-21(19)35-25)16-34-26-29-24-23(30-31-26)18-10-4-6-12-20(18)32(24)15-14-17-8-2-1-3-9-17/h1-13H,14-16H2,(H,27,28,33). The summed E-state index contributed by atoms with van der Waals surface area (Å²) in [6, 6.07) is 26.4. The number of anilines is 1. The predicted molar refractivity (Wildman–Crippen MR) is 142 cm³/mol. The Morgan fingerprint density at radius 3 is 2.60 bits per heavy atom. The average Bonchev–Trinajstić information content (AvgIpc) is 3.44. The van der Waals surface area contributed by atoms with Gasteiger partial charge in [-0.05, 0) is 30.2 Å². The number of rotatable bonds is 7. The van der Waals surface area contributed by atoms with Gasteiger partial charge in [0, 0.05) is 11.9 Å². The zero-order chi connectivity index (χ0) is 23.6. The summed E-state index contributed by atoms with van der Waals surface area (Å²) in [7, 11) is 0. The molecule has 3 aromatic heterocycles. The van der Waals surface area contributed by atoms with Crippen molar-refractivity contribution in [2.45, 2.75) is 18.1 Å². The lowest BCUT2D eigenvalue weighted by atomic mass is 10.1. The zero-order valence-corrected chi connectivity index (χ0v) is 20.2. The van der Waals surface area contributed by atoms with E-state index in [0.717, 1.165) is 45.2 Å². The van der Waals surface area contributed by atoms with E-state index in [2.05, 4.69) is 55.4 Å². The summed E-state index contributed by atoms with van der Waals surface area (Å²) in [5.41, 5.74) is 4.78. The topological polar surface area (TPSA) is 85.6 Å². The van der Waals surface area contributed by atoms with Crippen LogP contribution in [0, 0.1) is 0 Å². The van der Waals surface area contributed by atoms with Gasteiger partial charge < -0.3 is 9.88 Å². The maximum Gasteiger partial charge on any atom is 0.236 e. The van der Waals surface area contributed by atoms with Crippen molar-refractivity contribution in [2.75, 3.05) is 11.1 Å². The fraction of sp³-hybridized carbons (Fsp3) is 0.115. The molecular formula is C26H20N6OS2. The van der Waals surface area contributed by atoms with Gasteiger partial charge >= 0.3 is 0 Å². The maximum absolute atomic E-state index is 12.5. The highest BCUT2D eigenvalue weighted by Crippen LogP contribution is 2.28. The molecule has 6 aromatic rings. The maximum atomic E-state index is 12.5. The molecular weight excluding hydrogens is 476 g/mol. The highest BCUT2D eigenvalue weighted by atomic mass is 32.2. The molecule has 0 saturated heterocycles. The van der Waals surface area contributed by atoms with Gasteiger partial charge in [-0.15, -0.1) is 10.2 Å². The first-order chi connectivity index (χ1) is 17.2. The summed E-state index contributed by atoms with van der Waals surface area (Å²) in [4.78, 5) is 21.8. The van der Waals surface area contributed by atoms with Crippen LogP contribution in [0.2, 0.25) is 0 Å². The summed E-state index contributed by atoms with van der Waals surface area (Å²) in [6.07, 6.45) is 0.881. The van der Waals surface area contributed by atoms with E-state index >= 15 is 0 Å². The molecule has 0 aliphatic heterocycles. The van der Waals surface area contributed by atoms with Crippen LogP contribution in [0.25, 0.3) is 32.3 Å². The van der Waals surface area contributed by atoms with E-state index < -0.39 is 0 Å². The lowest BCUT2D eigenvalue weighted by Crippen LogP contribution is -2.14. The van der Waals surface area contributed by atoms with Gasteiger partial charge in [0.25, 0.3) is 0 Å². The molecule has 0 fully saturated rings. The van der Waals surface area contributed by atoms with E-state index in [-0.39, 0.29) is 11.7 Å². The average molecular weight is 497 g/mol. The lowest BCUT2D eigenvalue weighted by molar-refractivity contribution is -0.113. The van der Waals surface area contributed by atoms with Crippen molar-refractivity contribution in [3.8, 4) is 0 Å². The zero-order valence-electron chi connectivity index (χ0n) is 18.6. The Bertz CT molecular complexity index is 1630. The third-order valence-electron chi connectivity index (χ3n) is 5.69. The minimum atomic E-state index is -0.151. The molecule has 9 heteroatoms. The summed E-state index contributed by atoms with van der Waals surface area (Å²) in [6.45, 7) is 0.773. The molecule has 0 aliphatic rings. The predicted octanol–water partition coefficient (Wildman–Crippen LogP) is 5.56. The van der Waals surface area contributed by atoms with E-state index in [1.165, 1.54) is 28.7 Å². The minimum absolute atomic E-state index is 0.151. The fourth-order valence-corrected chi connectivity index (χ4v) is 5.54. The van der Waals surface area contributed by atoms with Crippen LogP contribution in [0.4, 0.5) is 5.13 Å². The summed E-state index contributed by atoms with van der Waals surface area (Å²) in [5, 5.41) is 13.7. The normalized spacial score (nSPS) is 11.4. The highest BCUT2D eigenvalue weighted by molar-refractivity contribution is 7.99. The number of para-hydroxylation sites is 2. The van der Waals surface area contributed by atoms with Gasteiger partial charge in [-0.2, -0.15) is 0 Å². The molecule has 3 aromatic carbocycles. The first-order valence-electron chi connectivity index (χ1n) is 11.2. The summed E-state index contributed by atoms with van der Waals surface area (Å²) >= 11 is 2.73. The van der Waals surface area contributed by atoms with Crippen molar-refractivity contribution < 1.29 is 4.79 Å². The van der Waals surface area contributed by atoms with Crippen LogP contribution in [0.15, 0.2) is 84.0 Å². The Kier molecular flexibility index (Phi) is 5.85. The monoisotopic (exact) mass is 496 g/mol. The van der Waals surface area contributed by atoms with Crippen LogP contribution >= 0.6 is 23.1 Å². The summed E-state index contributed by atoms with van der Waals surface area (Å²) < 4.78 is 3.23. The van der Waals surface area contributed by atoms with Crippen molar-refractivity contribution >= 4 is 66.4 Å². The van der Waals surface area contributed by atoms with E-state index in [4.69, 9.17) is 4.98 Å². The molecule has 7 nitrogen and oxygen atoms in total. The van der Waals surface area contributed by atoms with Gasteiger partial charge in [-0.25, -0.2) is 9.97 Å². The van der Waals surface area contributed by atoms with Crippen LogP contribution in [0.5, 0.6) is 0 Å². The Morgan fingerprint density at radius 2 is 1.71 bits per heavy atom. The van der Waals surface area contributed by atoms with Crippen molar-refractivity contribution in [2.24, 2.45) is 0 Å². The number of thioether (sulfide) groups is 1. The smallest absolute Gasteiger partial charge is 0.236 e. The molecule has 35 heavy (non-hydrogen) atoms. The van der Waals surface area contributed by atoms with Gasteiger partial charge in [0.15, 0.2) is 10.8 Å². The Hall–Kier alpha value is -3.82. The van der Waals surface area contributed by atoms with Gasteiger partial charge in [-0.1, -0.05) is 83.8 Å². The molecule has 1 amide bonds. The number of amides is 1. The van der Waals surface area contributed by atoms with Gasteiger partial charge in [0.05, 0.1) is 21.5 Å². The third-order valence-corrected chi connectivity index (χ3v) is 7.48. The van der Waals surface area contributed by atoms with Crippen LogP contribution in [0.1, 0.15) is 5.56 Å². The number of hydrogen-bond acceptors (Lipinski definition) is 7. The van der Waals surface area contributed by atoms with E-state index in [1.807, 2.05) is 48.5 Å². The Labute approximate surface area is 209 Å². The molecule has 0 bridgehead atoms. The first-order valence-corrected chi connectivity index (χ1v) is 13.0. The number of carbonyl (C=O) groups excluding carboxylic acids is 1. The number of thiazole rings is 1. The molecule has 0 saturated carbocycles. The van der Waals surface area contributed by atoms with Gasteiger partial charge in [0.1, 0.15) is 5.52 Å². The van der Waals surface area contributed by atoms with Crippen LogP contribution < -0.4 is 5.32 Å². The molecule has 0 atom stereocenters. The lowest BCUT2D eigenvalue weighted by Gasteiger charge is -2.07. The Morgan fingerprint density at radius 1 is 0.914 bits per heavy atom. The highest BCUT2D eigenvalue weighted by Gasteiger charge is 2.16. The molecule has 6 rings (SSSR count). The second-order valence-corrected chi connectivity index (χ2v) is 9.97. The molecule has 172 valence electrons. The number of aromatic nitrogens is 5. The molecule has 0 spiro atoms. The second-order valence-electron chi connectivity index (χ2n) is 7.99. The summed E-state index contributed by atoms with van der Waals surface area (Å²) in [5.74, 6) is 0.0234. The fourth-order valence-electron chi connectivity index (χ4n) is 4.07. The quantitative estimate of drug-likeness (QED) is 0.291. The first kappa shape index (κ1) is 21.7. The molecule has 1 N–H and O–H groups in total. The molecule has 0 radical (unpaired) electrons. The van der Waals surface area contributed by atoms with E-state index in [1.54, 1.807) is 0 Å². The van der Waals surface area contributed by atoms with Crippen molar-refractivity contribution in [1.29, 1.82) is 0 Å². The van der Waals surface area contributed by atoms with Crippen molar-refractivity contribution in [3.05, 3.63) is 84.4 Å². The number of fused-ring (bicyclic) bond motifs is 4. The SMILES string of the molecule is O=C(CSc1nnc2c3ccccc3n(CCc3ccccc3)c2n1)Nc1nc2ccccc2s1. The molecule has 0 unspecified atom stereocenters. The number of hydrogen-bond donors (Lipinski definition) is 1. The number of carbonyl (C=O) groups is 1. The van der Waals surface area contributed by atoms with Crippen LogP contribution in [-0.2, 0) is 17.8 Å². The number of aryl methyl sites for hydroxylation is 2. The van der Waals surface area contributed by atoms with Crippen LogP contribution in [-0.4, -0.2) is 36.4 Å². The second kappa shape index (κ2) is 9.44. The van der Waals surface area contributed by atoms with Gasteiger partial charge in [-0.3, -0.25) is 4.79 Å². The van der Waals surface area contributed by atoms with Crippen LogP contribution in [0.3, 0.4) is 0 Å². The minimum Gasteiger partial charge on any atom is -0.323 e. The number of nitrogens with one attached hydrogen (secondary N) is 1. The van der Waals surface area contributed by atoms with Crippen molar-refractivity contribution in [1.82, 2.24) is 24.7 Å². The van der Waals surface area contributed by atoms with Crippen molar-refractivity contribution in [3.63, 3.8) is 0 Å². The molecule has 0 aliphatic carbocycles. The number of benzene rings is 3. The van der Waals surface area contributed by atoms with E-state index in [9.17, 15) is 4.79 Å². The molecule has 3 heterocycles.